The third kappa shape index (κ3) is 12.0. The summed E-state index contributed by atoms with van der Waals surface area (Å²) in [4.78, 5) is 61.3. The highest BCUT2D eigenvalue weighted by Crippen LogP contribution is 2.12. The van der Waals surface area contributed by atoms with Crippen molar-refractivity contribution in [2.75, 3.05) is 0 Å². The van der Waals surface area contributed by atoms with Gasteiger partial charge in [0, 0.05) is 6.42 Å². The van der Waals surface area contributed by atoms with Gasteiger partial charge in [0.25, 0.3) is 0 Å². The number of amides is 4. The van der Waals surface area contributed by atoms with Crippen LogP contribution in [0.15, 0.2) is 0 Å². The minimum atomic E-state index is -1.16. The molecule has 0 saturated carbocycles. The average Bonchev–Trinajstić information content (AvgIpc) is 2.72. The van der Waals surface area contributed by atoms with E-state index in [0.717, 1.165) is 0 Å². The number of aliphatic carboxylic acids is 1. The van der Waals surface area contributed by atoms with E-state index in [-0.39, 0.29) is 37.0 Å². The molecule has 0 radical (unpaired) electrons. The lowest BCUT2D eigenvalue weighted by molar-refractivity contribution is -0.143. The fourth-order valence-electron chi connectivity index (χ4n) is 3.36. The number of carboxylic acids is 1. The standard InChI is InChI=1S/C23H43N5O6/c1-7-14(6)19(22(32)27-17(23(33)34)11-13(4)5)28-21(31)16(8-9-18(25)29)26-20(30)15(24)10-12(2)3/h12-17,19H,7-11,24H2,1-6H3,(H2,25,29)(H,26,30)(H,27,32)(H,28,31)(H,33,34). The Hall–Kier alpha value is -2.69. The van der Waals surface area contributed by atoms with Crippen LogP contribution in [0.4, 0.5) is 0 Å². The molecule has 0 aromatic rings. The zero-order valence-corrected chi connectivity index (χ0v) is 21.2. The van der Waals surface area contributed by atoms with Gasteiger partial charge in [0.2, 0.25) is 23.6 Å². The Morgan fingerprint density at radius 1 is 0.794 bits per heavy atom. The largest absolute Gasteiger partial charge is 0.480 e. The van der Waals surface area contributed by atoms with E-state index in [2.05, 4.69) is 16.0 Å². The van der Waals surface area contributed by atoms with Gasteiger partial charge in [-0.25, -0.2) is 4.79 Å². The number of hydrogen-bond donors (Lipinski definition) is 6. The molecule has 0 heterocycles. The number of primary amides is 1. The highest BCUT2D eigenvalue weighted by atomic mass is 16.4. The zero-order valence-electron chi connectivity index (χ0n) is 21.2. The van der Waals surface area contributed by atoms with Gasteiger partial charge in [-0.1, -0.05) is 48.0 Å². The third-order valence-electron chi connectivity index (χ3n) is 5.49. The van der Waals surface area contributed by atoms with Crippen molar-refractivity contribution in [1.82, 2.24) is 16.0 Å². The van der Waals surface area contributed by atoms with E-state index in [1.807, 2.05) is 34.6 Å². The van der Waals surface area contributed by atoms with Gasteiger partial charge in [-0.2, -0.15) is 0 Å². The highest BCUT2D eigenvalue weighted by molar-refractivity contribution is 5.94. The minimum absolute atomic E-state index is 0.0291. The van der Waals surface area contributed by atoms with Crippen LogP contribution in [0.2, 0.25) is 0 Å². The molecule has 0 aromatic heterocycles. The summed E-state index contributed by atoms with van der Waals surface area (Å²) in [6.07, 6.45) is 0.931. The molecule has 5 atom stereocenters. The SMILES string of the molecule is CCC(C)C(NC(=O)C(CCC(N)=O)NC(=O)C(N)CC(C)C)C(=O)NC(CC(C)C)C(=O)O. The van der Waals surface area contributed by atoms with E-state index in [4.69, 9.17) is 11.5 Å². The molecule has 0 aromatic carbocycles. The first-order valence-corrected chi connectivity index (χ1v) is 11.9. The number of nitrogens with one attached hydrogen (secondary N) is 3. The Morgan fingerprint density at radius 3 is 1.76 bits per heavy atom. The first-order chi connectivity index (χ1) is 15.7. The average molecular weight is 486 g/mol. The monoisotopic (exact) mass is 485 g/mol. The van der Waals surface area contributed by atoms with E-state index in [9.17, 15) is 29.1 Å². The summed E-state index contributed by atoms with van der Waals surface area (Å²) in [6, 6.07) is -4.12. The molecular formula is C23H43N5O6. The van der Waals surface area contributed by atoms with Crippen molar-refractivity contribution < 1.29 is 29.1 Å². The molecule has 11 nitrogen and oxygen atoms in total. The van der Waals surface area contributed by atoms with Crippen LogP contribution in [0.3, 0.4) is 0 Å². The van der Waals surface area contributed by atoms with Crippen LogP contribution in [0.25, 0.3) is 0 Å². The van der Waals surface area contributed by atoms with Gasteiger partial charge in [-0.3, -0.25) is 19.2 Å². The molecule has 0 spiro atoms. The molecule has 0 fully saturated rings. The van der Waals surface area contributed by atoms with E-state index < -0.39 is 53.8 Å². The first-order valence-electron chi connectivity index (χ1n) is 11.9. The molecule has 5 unspecified atom stereocenters. The normalized spacial score (nSPS) is 15.7. The molecule has 196 valence electrons. The molecule has 0 aliphatic rings. The number of carbonyl (C=O) groups excluding carboxylic acids is 4. The molecule has 11 heteroatoms. The third-order valence-corrected chi connectivity index (χ3v) is 5.49. The van der Waals surface area contributed by atoms with Crippen LogP contribution in [-0.2, 0) is 24.0 Å². The van der Waals surface area contributed by atoms with Gasteiger partial charge < -0.3 is 32.5 Å². The van der Waals surface area contributed by atoms with Crippen molar-refractivity contribution in [3.8, 4) is 0 Å². The minimum Gasteiger partial charge on any atom is -0.480 e. The highest BCUT2D eigenvalue weighted by Gasteiger charge is 2.33. The summed E-state index contributed by atoms with van der Waals surface area (Å²) >= 11 is 0. The second-order valence-corrected chi connectivity index (χ2v) is 9.70. The molecule has 0 aliphatic heterocycles. The van der Waals surface area contributed by atoms with Crippen LogP contribution >= 0.6 is 0 Å². The maximum absolute atomic E-state index is 13.1. The topological polar surface area (TPSA) is 194 Å². The van der Waals surface area contributed by atoms with Crippen molar-refractivity contribution in [3.63, 3.8) is 0 Å². The lowest BCUT2D eigenvalue weighted by atomic mass is 9.96. The van der Waals surface area contributed by atoms with E-state index >= 15 is 0 Å². The summed E-state index contributed by atoms with van der Waals surface area (Å²) in [5.41, 5.74) is 11.1. The molecule has 0 rings (SSSR count). The van der Waals surface area contributed by atoms with Crippen molar-refractivity contribution in [3.05, 3.63) is 0 Å². The maximum Gasteiger partial charge on any atom is 0.326 e. The van der Waals surface area contributed by atoms with Gasteiger partial charge in [0.15, 0.2) is 0 Å². The van der Waals surface area contributed by atoms with Crippen LogP contribution in [0, 0.1) is 17.8 Å². The summed E-state index contributed by atoms with van der Waals surface area (Å²) in [5, 5.41) is 17.1. The van der Waals surface area contributed by atoms with Gasteiger partial charge >= 0.3 is 5.97 Å². The first kappa shape index (κ1) is 31.3. The number of carboxylic acid groups (broad SMARTS) is 1. The van der Waals surface area contributed by atoms with Crippen LogP contribution < -0.4 is 27.4 Å². The Labute approximate surface area is 202 Å². The van der Waals surface area contributed by atoms with Crippen molar-refractivity contribution in [2.24, 2.45) is 29.2 Å². The number of hydrogen-bond acceptors (Lipinski definition) is 6. The summed E-state index contributed by atoms with van der Waals surface area (Å²) < 4.78 is 0. The smallest absolute Gasteiger partial charge is 0.326 e. The Bertz CT molecular complexity index is 712. The molecule has 4 amide bonds. The number of carbonyl (C=O) groups is 5. The second-order valence-electron chi connectivity index (χ2n) is 9.70. The molecule has 0 bridgehead atoms. The Kier molecular flexibility index (Phi) is 14.1. The Morgan fingerprint density at radius 2 is 1.32 bits per heavy atom. The van der Waals surface area contributed by atoms with Crippen LogP contribution in [0.1, 0.15) is 73.6 Å². The quantitative estimate of drug-likeness (QED) is 0.180. The predicted molar refractivity (Wildman–Crippen MR) is 128 cm³/mol. The zero-order chi connectivity index (χ0) is 26.6. The second kappa shape index (κ2) is 15.3. The maximum atomic E-state index is 13.1. The predicted octanol–water partition coefficient (Wildman–Crippen LogP) is 0.257. The lowest BCUT2D eigenvalue weighted by Crippen LogP contribution is -2.58. The number of rotatable bonds is 16. The van der Waals surface area contributed by atoms with E-state index in [1.54, 1.807) is 6.92 Å². The van der Waals surface area contributed by atoms with E-state index in [0.29, 0.717) is 12.8 Å². The molecule has 0 saturated heterocycles. The van der Waals surface area contributed by atoms with Crippen LogP contribution in [0.5, 0.6) is 0 Å². The van der Waals surface area contributed by atoms with E-state index in [1.165, 1.54) is 0 Å². The molecule has 8 N–H and O–H groups in total. The van der Waals surface area contributed by atoms with Crippen LogP contribution in [-0.4, -0.2) is 58.9 Å². The van der Waals surface area contributed by atoms with Crippen molar-refractivity contribution >= 4 is 29.6 Å². The fourth-order valence-corrected chi connectivity index (χ4v) is 3.36. The van der Waals surface area contributed by atoms with Crippen molar-refractivity contribution in [1.29, 1.82) is 0 Å². The summed E-state index contributed by atoms with van der Waals surface area (Å²) in [5.74, 6) is -3.81. The number of nitrogens with two attached hydrogens (primary N) is 2. The lowest BCUT2D eigenvalue weighted by Gasteiger charge is -2.28. The summed E-state index contributed by atoms with van der Waals surface area (Å²) in [7, 11) is 0. The molecule has 34 heavy (non-hydrogen) atoms. The van der Waals surface area contributed by atoms with Gasteiger partial charge in [-0.05, 0) is 37.0 Å². The molecule has 0 aliphatic carbocycles. The van der Waals surface area contributed by atoms with Gasteiger partial charge in [0.1, 0.15) is 18.1 Å². The van der Waals surface area contributed by atoms with Gasteiger partial charge in [-0.15, -0.1) is 0 Å². The van der Waals surface area contributed by atoms with Crippen molar-refractivity contribution in [2.45, 2.75) is 97.8 Å². The molecular weight excluding hydrogens is 442 g/mol. The Balaban J connectivity index is 5.61. The summed E-state index contributed by atoms with van der Waals surface area (Å²) in [6.45, 7) is 11.1. The van der Waals surface area contributed by atoms with Gasteiger partial charge in [0.05, 0.1) is 6.04 Å². The fraction of sp³-hybridized carbons (Fsp3) is 0.783.